The summed E-state index contributed by atoms with van der Waals surface area (Å²) in [5.74, 6) is -0.0251. The van der Waals surface area contributed by atoms with Crippen LogP contribution in [0.1, 0.15) is 105 Å². The Morgan fingerprint density at radius 2 is 1.50 bits per heavy atom. The van der Waals surface area contributed by atoms with Crippen LogP contribution in [0, 0.1) is 0 Å². The molecule has 1 heterocycles. The van der Waals surface area contributed by atoms with E-state index in [-0.39, 0.29) is 30.6 Å². The van der Waals surface area contributed by atoms with E-state index in [9.17, 15) is 14.7 Å². The number of aliphatic hydroxyl groups is 1. The first-order valence-corrected chi connectivity index (χ1v) is 20.3. The number of hydrogen-bond donors (Lipinski definition) is 4. The third-order valence-electron chi connectivity index (χ3n) is 11.0. The van der Waals surface area contributed by atoms with Gasteiger partial charge < -0.3 is 30.9 Å². The average Bonchev–Trinajstić information content (AvgIpc) is 3.78. The van der Waals surface area contributed by atoms with Crippen LogP contribution in [0.3, 0.4) is 0 Å². The molecule has 1 aliphatic heterocycles. The second-order valence-corrected chi connectivity index (χ2v) is 15.1. The Kier molecular flexibility index (Phi) is 15.3. The summed E-state index contributed by atoms with van der Waals surface area (Å²) in [6.07, 6.45) is 11.2. The first-order valence-electron chi connectivity index (χ1n) is 20.3. The first kappa shape index (κ1) is 40.9. The Labute approximate surface area is 332 Å². The van der Waals surface area contributed by atoms with Gasteiger partial charge in [-0.15, -0.1) is 6.58 Å². The summed E-state index contributed by atoms with van der Waals surface area (Å²) >= 11 is 0. The second kappa shape index (κ2) is 20.9. The highest BCUT2D eigenvalue weighted by molar-refractivity contribution is 5.93. The topological polar surface area (TPSA) is 126 Å². The lowest BCUT2D eigenvalue weighted by atomic mass is 9.97. The molecule has 2 aliphatic rings. The lowest BCUT2D eigenvalue weighted by Gasteiger charge is -2.39. The van der Waals surface area contributed by atoms with Gasteiger partial charge >= 0.3 is 0 Å². The van der Waals surface area contributed by atoms with Gasteiger partial charge in [0.1, 0.15) is 0 Å². The van der Waals surface area contributed by atoms with Gasteiger partial charge in [0.05, 0.1) is 30.2 Å². The fourth-order valence-electron chi connectivity index (χ4n) is 7.91. The monoisotopic (exact) mass is 758 g/mol. The van der Waals surface area contributed by atoms with Crippen molar-refractivity contribution in [3.8, 4) is 11.1 Å². The van der Waals surface area contributed by atoms with Crippen molar-refractivity contribution in [2.75, 3.05) is 24.1 Å². The number of carbonyl (C=O) groups is 2. The maximum atomic E-state index is 12.8. The predicted molar refractivity (Wildman–Crippen MR) is 223 cm³/mol. The van der Waals surface area contributed by atoms with Gasteiger partial charge in [0.25, 0.3) is 0 Å². The van der Waals surface area contributed by atoms with E-state index in [1.54, 1.807) is 12.1 Å². The molecule has 9 heteroatoms. The highest BCUT2D eigenvalue weighted by Crippen LogP contribution is 2.39. The SMILES string of the molecule is C=CCN(C[C@@H]1C[C@H](c2ccc(CO)cc2)O[C@H](c2ccc(-c3ccccc3CNC(=O)CCCCCCC(=O)Nc3ccccc3N)cc2)O1)C1CCCC1. The van der Waals surface area contributed by atoms with Crippen molar-refractivity contribution in [3.63, 3.8) is 0 Å². The molecule has 3 atom stereocenters. The van der Waals surface area contributed by atoms with E-state index in [1.165, 1.54) is 25.7 Å². The van der Waals surface area contributed by atoms with Crippen molar-refractivity contribution in [3.05, 3.63) is 132 Å². The Bertz CT molecular complexity index is 1860. The number of amides is 2. The van der Waals surface area contributed by atoms with Gasteiger partial charge in [0.15, 0.2) is 6.29 Å². The van der Waals surface area contributed by atoms with Crippen molar-refractivity contribution in [1.82, 2.24) is 10.2 Å². The number of aliphatic hydroxyl groups excluding tert-OH is 1. The molecule has 9 nitrogen and oxygen atoms in total. The Morgan fingerprint density at radius 1 is 0.821 bits per heavy atom. The highest BCUT2D eigenvalue weighted by atomic mass is 16.7. The maximum absolute atomic E-state index is 12.8. The number of rotatable bonds is 19. The highest BCUT2D eigenvalue weighted by Gasteiger charge is 2.34. The second-order valence-electron chi connectivity index (χ2n) is 15.1. The van der Waals surface area contributed by atoms with Crippen LogP contribution in [0.15, 0.2) is 110 Å². The van der Waals surface area contributed by atoms with Crippen LogP contribution in [-0.4, -0.2) is 47.1 Å². The van der Waals surface area contributed by atoms with E-state index in [0.29, 0.717) is 36.8 Å². The van der Waals surface area contributed by atoms with E-state index in [1.807, 2.05) is 42.5 Å². The van der Waals surface area contributed by atoms with Gasteiger partial charge in [-0.05, 0) is 65.6 Å². The quantitative estimate of drug-likeness (QED) is 0.0427. The number of anilines is 2. The number of benzene rings is 4. The maximum Gasteiger partial charge on any atom is 0.224 e. The van der Waals surface area contributed by atoms with Crippen molar-refractivity contribution < 1.29 is 24.2 Å². The number of nitrogens with zero attached hydrogens (tertiary/aromatic N) is 1. The summed E-state index contributed by atoms with van der Waals surface area (Å²) in [7, 11) is 0. The minimum atomic E-state index is -0.528. The van der Waals surface area contributed by atoms with Gasteiger partial charge in [-0.2, -0.15) is 0 Å². The smallest absolute Gasteiger partial charge is 0.224 e. The molecule has 4 aromatic rings. The molecule has 2 amide bonds. The van der Waals surface area contributed by atoms with E-state index >= 15 is 0 Å². The van der Waals surface area contributed by atoms with Crippen LogP contribution in [-0.2, 0) is 32.2 Å². The standard InChI is InChI=1S/C47H58N4O5/c1-2-29-51(39-14-8-9-15-39)32-40-30-44(36-23-21-34(33-52)22-24-36)56-47(55-40)37-27-25-35(26-28-37)41-16-10-7-13-38(41)31-49-45(53)19-5-3-4-6-20-46(54)50-43-18-12-11-17-42(43)48/h2,7,10-13,16-18,21-28,39-40,44,47,52H,1,3-6,8-9,14-15,19-20,29-33,48H2,(H,49,53)(H,50,54)/t40-,44+,47+/m0/s1. The number of nitrogen functional groups attached to an aromatic ring is 1. The zero-order valence-electron chi connectivity index (χ0n) is 32.5. The van der Waals surface area contributed by atoms with Gasteiger partial charge in [-0.3, -0.25) is 14.5 Å². The number of nitrogens with two attached hydrogens (primary N) is 1. The molecule has 0 aromatic heterocycles. The zero-order chi connectivity index (χ0) is 39.1. The van der Waals surface area contributed by atoms with Crippen LogP contribution in [0.4, 0.5) is 11.4 Å². The van der Waals surface area contributed by atoms with E-state index in [4.69, 9.17) is 15.2 Å². The zero-order valence-corrected chi connectivity index (χ0v) is 32.5. The normalized spacial score (nSPS) is 18.5. The molecule has 1 aliphatic carbocycles. The first-order chi connectivity index (χ1) is 27.4. The molecule has 1 saturated carbocycles. The number of ether oxygens (including phenoxy) is 2. The number of carbonyl (C=O) groups excluding carboxylic acids is 2. The fraction of sp³-hybridized carbons (Fsp3) is 0.404. The fourth-order valence-corrected chi connectivity index (χ4v) is 7.91. The molecule has 5 N–H and O–H groups in total. The molecule has 0 unspecified atom stereocenters. The van der Waals surface area contributed by atoms with Crippen molar-refractivity contribution in [2.45, 2.75) is 108 Å². The van der Waals surface area contributed by atoms with Gasteiger partial charge in [-0.1, -0.05) is 117 Å². The molecule has 56 heavy (non-hydrogen) atoms. The minimum absolute atomic E-state index is 0.0108. The molecule has 0 spiro atoms. The number of nitrogens with one attached hydrogen (secondary N) is 2. The van der Waals surface area contributed by atoms with Crippen molar-refractivity contribution in [1.29, 1.82) is 0 Å². The Balaban J connectivity index is 1.02. The third kappa shape index (κ3) is 11.6. The minimum Gasteiger partial charge on any atom is -0.397 e. The van der Waals surface area contributed by atoms with Gasteiger partial charge in [-0.25, -0.2) is 0 Å². The summed E-state index contributed by atoms with van der Waals surface area (Å²) in [5.41, 5.74) is 13.2. The van der Waals surface area contributed by atoms with Crippen LogP contribution in [0.25, 0.3) is 11.1 Å². The van der Waals surface area contributed by atoms with Crippen LogP contribution in [0.2, 0.25) is 0 Å². The van der Waals surface area contributed by atoms with Crippen molar-refractivity contribution >= 4 is 23.2 Å². The molecule has 2 fully saturated rings. The molecule has 0 bridgehead atoms. The van der Waals surface area contributed by atoms with Crippen LogP contribution in [0.5, 0.6) is 0 Å². The summed E-state index contributed by atoms with van der Waals surface area (Å²) in [4.78, 5) is 27.6. The summed E-state index contributed by atoms with van der Waals surface area (Å²) in [6, 6.07) is 32.4. The van der Waals surface area contributed by atoms with E-state index < -0.39 is 6.29 Å². The molecule has 296 valence electrons. The number of para-hydroxylation sites is 2. The molecule has 0 radical (unpaired) electrons. The summed E-state index contributed by atoms with van der Waals surface area (Å²) in [5, 5.41) is 15.6. The lowest BCUT2D eigenvalue weighted by Crippen LogP contribution is -2.43. The average molecular weight is 759 g/mol. The lowest BCUT2D eigenvalue weighted by molar-refractivity contribution is -0.253. The Hall–Kier alpha value is -4.80. The van der Waals surface area contributed by atoms with Crippen molar-refractivity contribution in [2.24, 2.45) is 0 Å². The molecule has 4 aromatic carbocycles. The van der Waals surface area contributed by atoms with E-state index in [2.05, 4.69) is 70.6 Å². The van der Waals surface area contributed by atoms with E-state index in [0.717, 1.165) is 78.6 Å². The molecular formula is C47H58N4O5. The largest absolute Gasteiger partial charge is 0.397 e. The molecule has 1 saturated heterocycles. The molecule has 6 rings (SSSR count). The van der Waals surface area contributed by atoms with Crippen LogP contribution < -0.4 is 16.4 Å². The van der Waals surface area contributed by atoms with Gasteiger partial charge in [0, 0.05) is 50.5 Å². The molecular weight excluding hydrogens is 701 g/mol. The summed E-state index contributed by atoms with van der Waals surface area (Å²) in [6.45, 7) is 6.16. The summed E-state index contributed by atoms with van der Waals surface area (Å²) < 4.78 is 13.4. The van der Waals surface area contributed by atoms with Crippen LogP contribution >= 0.6 is 0 Å². The predicted octanol–water partition coefficient (Wildman–Crippen LogP) is 9.00. The Morgan fingerprint density at radius 3 is 2.21 bits per heavy atom. The number of unbranched alkanes of at least 4 members (excludes halogenated alkanes) is 3. The number of hydrogen-bond acceptors (Lipinski definition) is 7. The van der Waals surface area contributed by atoms with Gasteiger partial charge in [0.2, 0.25) is 11.8 Å². The third-order valence-corrected chi connectivity index (χ3v) is 11.0.